The Morgan fingerprint density at radius 3 is 2.07 bits per heavy atom. The SMILES string of the molecule is c1cc2c(cn1)[SiH2]c1cnccc1O2. The minimum Gasteiger partial charge on any atom is -0.457 e. The average molecular weight is 200 g/mol. The molecule has 0 aliphatic carbocycles. The Hall–Kier alpha value is -1.68. The van der Waals surface area contributed by atoms with Crippen LogP contribution in [0.2, 0.25) is 0 Å². The van der Waals surface area contributed by atoms with E-state index in [2.05, 4.69) is 9.97 Å². The van der Waals surface area contributed by atoms with Crippen molar-refractivity contribution >= 4 is 19.9 Å². The van der Waals surface area contributed by atoms with E-state index in [1.165, 1.54) is 10.4 Å². The van der Waals surface area contributed by atoms with E-state index in [-0.39, 0.29) is 0 Å². The topological polar surface area (TPSA) is 35.0 Å². The average Bonchev–Trinajstić information content (AvgIpc) is 2.26. The fourth-order valence-electron chi connectivity index (χ4n) is 1.62. The molecule has 14 heavy (non-hydrogen) atoms. The van der Waals surface area contributed by atoms with Gasteiger partial charge < -0.3 is 4.74 Å². The fraction of sp³-hybridized carbons (Fsp3) is 0. The van der Waals surface area contributed by atoms with Gasteiger partial charge in [0.1, 0.15) is 21.0 Å². The molecule has 0 atom stereocenters. The number of rotatable bonds is 0. The molecule has 1 aliphatic rings. The number of hydrogen-bond donors (Lipinski definition) is 0. The fourth-order valence-corrected chi connectivity index (χ4v) is 3.15. The van der Waals surface area contributed by atoms with Gasteiger partial charge in [0.15, 0.2) is 0 Å². The maximum Gasteiger partial charge on any atom is 0.129 e. The third-order valence-corrected chi connectivity index (χ3v) is 4.14. The Kier molecular flexibility index (Phi) is 1.60. The molecule has 3 rings (SSSR count). The normalized spacial score (nSPS) is 12.6. The second kappa shape index (κ2) is 2.92. The number of aromatic nitrogens is 2. The molecule has 0 bridgehead atoms. The van der Waals surface area contributed by atoms with E-state index in [1.807, 2.05) is 24.5 Å². The summed E-state index contributed by atoms with van der Waals surface area (Å²) in [6.45, 7) is 0. The third-order valence-electron chi connectivity index (χ3n) is 2.32. The predicted molar refractivity (Wildman–Crippen MR) is 56.4 cm³/mol. The highest BCUT2D eigenvalue weighted by atomic mass is 28.2. The van der Waals surface area contributed by atoms with Gasteiger partial charge in [-0.15, -0.1) is 0 Å². The molecular formula is C10H8N2OSi. The van der Waals surface area contributed by atoms with Crippen LogP contribution in [0.15, 0.2) is 36.9 Å². The van der Waals surface area contributed by atoms with Crippen molar-refractivity contribution < 1.29 is 4.74 Å². The van der Waals surface area contributed by atoms with Gasteiger partial charge in [0.2, 0.25) is 0 Å². The van der Waals surface area contributed by atoms with Crippen LogP contribution < -0.4 is 15.1 Å². The molecule has 0 aromatic carbocycles. The van der Waals surface area contributed by atoms with Gasteiger partial charge in [0.05, 0.1) is 0 Å². The van der Waals surface area contributed by atoms with Crippen LogP contribution in [0.3, 0.4) is 0 Å². The Morgan fingerprint density at radius 1 is 0.929 bits per heavy atom. The predicted octanol–water partition coefficient (Wildman–Crippen LogP) is -0.298. The highest BCUT2D eigenvalue weighted by molar-refractivity contribution is 6.69. The van der Waals surface area contributed by atoms with Crippen molar-refractivity contribution in [3.63, 3.8) is 0 Å². The minimum atomic E-state index is -0.445. The lowest BCUT2D eigenvalue weighted by molar-refractivity contribution is 0.486. The summed E-state index contributed by atoms with van der Waals surface area (Å²) in [5.74, 6) is 1.93. The first-order valence-corrected chi connectivity index (χ1v) is 5.88. The lowest BCUT2D eigenvalue weighted by Crippen LogP contribution is -2.34. The lowest BCUT2D eigenvalue weighted by atomic mass is 10.4. The van der Waals surface area contributed by atoms with Crippen molar-refractivity contribution in [2.75, 3.05) is 0 Å². The zero-order chi connectivity index (χ0) is 9.38. The standard InChI is InChI=1S/C10H8N2OSi/c1-3-11-5-9-7(1)13-8-2-4-12-6-10(8)14-9/h1-6H,14H2. The maximum absolute atomic E-state index is 5.73. The van der Waals surface area contributed by atoms with E-state index in [1.54, 1.807) is 12.4 Å². The molecule has 0 fully saturated rings. The number of ether oxygens (including phenoxy) is 1. The quantitative estimate of drug-likeness (QED) is 0.467. The van der Waals surface area contributed by atoms with Gasteiger partial charge in [-0.2, -0.15) is 0 Å². The smallest absolute Gasteiger partial charge is 0.129 e. The Balaban J connectivity index is 2.12. The molecule has 0 spiro atoms. The summed E-state index contributed by atoms with van der Waals surface area (Å²) in [5.41, 5.74) is 0. The van der Waals surface area contributed by atoms with E-state index < -0.39 is 9.52 Å². The molecule has 2 aromatic rings. The first kappa shape index (κ1) is 7.70. The van der Waals surface area contributed by atoms with Gasteiger partial charge in [-0.25, -0.2) is 0 Å². The van der Waals surface area contributed by atoms with E-state index in [0.717, 1.165) is 11.5 Å². The molecule has 0 saturated carbocycles. The van der Waals surface area contributed by atoms with E-state index >= 15 is 0 Å². The van der Waals surface area contributed by atoms with Crippen molar-refractivity contribution in [3.8, 4) is 11.5 Å². The second-order valence-corrected chi connectivity index (χ2v) is 5.12. The van der Waals surface area contributed by atoms with Crippen LogP contribution in [-0.4, -0.2) is 19.5 Å². The van der Waals surface area contributed by atoms with Crippen molar-refractivity contribution in [2.45, 2.75) is 0 Å². The van der Waals surface area contributed by atoms with Gasteiger partial charge >= 0.3 is 0 Å². The Morgan fingerprint density at radius 2 is 1.50 bits per heavy atom. The van der Waals surface area contributed by atoms with E-state index in [9.17, 15) is 0 Å². The zero-order valence-corrected chi connectivity index (χ0v) is 8.89. The van der Waals surface area contributed by atoms with Crippen molar-refractivity contribution in [3.05, 3.63) is 36.9 Å². The third kappa shape index (κ3) is 1.12. The summed E-state index contributed by atoms with van der Waals surface area (Å²) < 4.78 is 5.73. The number of hydrogen-bond acceptors (Lipinski definition) is 3. The molecule has 0 N–H and O–H groups in total. The zero-order valence-electron chi connectivity index (χ0n) is 7.47. The number of fused-ring (bicyclic) bond motifs is 2. The molecule has 4 heteroatoms. The van der Waals surface area contributed by atoms with E-state index in [0.29, 0.717) is 0 Å². The van der Waals surface area contributed by atoms with Crippen LogP contribution in [-0.2, 0) is 0 Å². The van der Waals surface area contributed by atoms with Crippen molar-refractivity contribution in [1.29, 1.82) is 0 Å². The monoisotopic (exact) mass is 200 g/mol. The second-order valence-electron chi connectivity index (χ2n) is 3.25. The van der Waals surface area contributed by atoms with Gasteiger partial charge in [0.25, 0.3) is 0 Å². The maximum atomic E-state index is 5.73. The number of nitrogens with zero attached hydrogens (tertiary/aromatic N) is 2. The van der Waals surface area contributed by atoms with Crippen LogP contribution in [0.25, 0.3) is 0 Å². The van der Waals surface area contributed by atoms with Gasteiger partial charge in [-0.3, -0.25) is 9.97 Å². The molecule has 68 valence electrons. The van der Waals surface area contributed by atoms with E-state index in [4.69, 9.17) is 4.74 Å². The van der Waals surface area contributed by atoms with Gasteiger partial charge in [-0.1, -0.05) is 0 Å². The van der Waals surface area contributed by atoms with Crippen LogP contribution in [0, 0.1) is 0 Å². The highest BCUT2D eigenvalue weighted by Gasteiger charge is 2.16. The van der Waals surface area contributed by atoms with Crippen LogP contribution in [0.1, 0.15) is 0 Å². The molecule has 2 aromatic heterocycles. The minimum absolute atomic E-state index is 0.445. The first-order valence-electron chi connectivity index (χ1n) is 4.47. The summed E-state index contributed by atoms with van der Waals surface area (Å²) in [5, 5.41) is 2.51. The molecule has 3 nitrogen and oxygen atoms in total. The lowest BCUT2D eigenvalue weighted by Gasteiger charge is -2.18. The van der Waals surface area contributed by atoms with Gasteiger partial charge in [-0.05, 0) is 22.5 Å². The molecule has 0 saturated heterocycles. The molecular weight excluding hydrogens is 192 g/mol. The molecule has 1 aliphatic heterocycles. The van der Waals surface area contributed by atoms with Crippen molar-refractivity contribution in [2.24, 2.45) is 0 Å². The highest BCUT2D eigenvalue weighted by Crippen LogP contribution is 2.19. The van der Waals surface area contributed by atoms with Gasteiger partial charge in [0, 0.05) is 24.8 Å². The van der Waals surface area contributed by atoms with Crippen LogP contribution in [0.4, 0.5) is 0 Å². The summed E-state index contributed by atoms with van der Waals surface area (Å²) in [6, 6.07) is 3.84. The largest absolute Gasteiger partial charge is 0.457 e. The molecule has 0 unspecified atom stereocenters. The summed E-state index contributed by atoms with van der Waals surface area (Å²) in [7, 11) is -0.445. The van der Waals surface area contributed by atoms with Crippen LogP contribution >= 0.6 is 0 Å². The summed E-state index contributed by atoms with van der Waals surface area (Å²) in [4.78, 5) is 8.21. The first-order chi connectivity index (χ1) is 6.93. The van der Waals surface area contributed by atoms with Crippen molar-refractivity contribution in [1.82, 2.24) is 9.97 Å². The summed E-state index contributed by atoms with van der Waals surface area (Å²) in [6.07, 6.45) is 7.33. The Labute approximate surface area is 83.6 Å². The molecule has 0 radical (unpaired) electrons. The number of pyridine rings is 2. The van der Waals surface area contributed by atoms with Crippen LogP contribution in [0.5, 0.6) is 11.5 Å². The Bertz CT molecular complexity index is 400. The molecule has 0 amide bonds. The molecule has 3 heterocycles. The summed E-state index contributed by atoms with van der Waals surface area (Å²) >= 11 is 0.